The number of likely N-dealkylation sites (N-methyl/N-ethyl adjacent to an activating group) is 2. The highest BCUT2D eigenvalue weighted by Gasteiger charge is 2.35. The van der Waals surface area contributed by atoms with E-state index in [4.69, 9.17) is 0 Å². The van der Waals surface area contributed by atoms with Crippen LogP contribution in [0.15, 0.2) is 36.4 Å². The summed E-state index contributed by atoms with van der Waals surface area (Å²) in [6.07, 6.45) is 4.08. The lowest BCUT2D eigenvalue weighted by atomic mass is 9.82. The molecule has 0 aromatic heterocycles. The molecule has 8 nitrogen and oxygen atoms in total. The van der Waals surface area contributed by atoms with Crippen LogP contribution < -0.4 is 10.6 Å². The lowest BCUT2D eigenvalue weighted by Gasteiger charge is -2.30. The number of anilines is 2. The molecule has 0 radical (unpaired) electrons. The van der Waals surface area contributed by atoms with Gasteiger partial charge in [0.1, 0.15) is 0 Å². The van der Waals surface area contributed by atoms with Crippen molar-refractivity contribution in [1.29, 1.82) is 0 Å². The molecule has 0 heterocycles. The third-order valence-electron chi connectivity index (χ3n) is 7.00. The van der Waals surface area contributed by atoms with E-state index in [-0.39, 0.29) is 59.0 Å². The summed E-state index contributed by atoms with van der Waals surface area (Å²) in [6, 6.07) is 9.87. The fourth-order valence-corrected chi connectivity index (χ4v) is 4.92. The van der Waals surface area contributed by atoms with E-state index in [0.717, 1.165) is 38.8 Å². The number of amides is 2. The largest absolute Gasteiger partial charge is 0.321 e. The van der Waals surface area contributed by atoms with Gasteiger partial charge in [0.2, 0.25) is 0 Å². The summed E-state index contributed by atoms with van der Waals surface area (Å²) < 4.78 is 1.02. The van der Waals surface area contributed by atoms with E-state index in [9.17, 15) is 19.2 Å². The maximum absolute atomic E-state index is 13.6. The Hall–Kier alpha value is -3.36. The number of benzene rings is 2. The van der Waals surface area contributed by atoms with E-state index >= 15 is 0 Å². The molecule has 0 saturated carbocycles. The summed E-state index contributed by atoms with van der Waals surface area (Å²) in [4.78, 5) is 53.3. The molecule has 204 valence electrons. The van der Waals surface area contributed by atoms with Gasteiger partial charge in [-0.3, -0.25) is 19.2 Å². The summed E-state index contributed by atoms with van der Waals surface area (Å²) >= 11 is 0. The number of hydrogen-bond acceptors (Lipinski definition) is 4. The molecular formula is C30H42N4O4+2. The van der Waals surface area contributed by atoms with E-state index in [1.807, 2.05) is 28.2 Å². The summed E-state index contributed by atoms with van der Waals surface area (Å²) in [5, 5.41) is 5.77. The van der Waals surface area contributed by atoms with Gasteiger partial charge in [0.25, 0.3) is 11.8 Å². The van der Waals surface area contributed by atoms with Gasteiger partial charge in [-0.2, -0.15) is 0 Å². The van der Waals surface area contributed by atoms with Gasteiger partial charge in [-0.05, 0) is 25.0 Å². The Labute approximate surface area is 226 Å². The monoisotopic (exact) mass is 522 g/mol. The molecule has 2 amide bonds. The molecule has 0 bridgehead atoms. The van der Waals surface area contributed by atoms with Crippen molar-refractivity contribution in [3.8, 4) is 0 Å². The van der Waals surface area contributed by atoms with Crippen molar-refractivity contribution < 1.29 is 28.1 Å². The Morgan fingerprint density at radius 2 is 1.03 bits per heavy atom. The first-order valence-corrected chi connectivity index (χ1v) is 13.5. The first-order chi connectivity index (χ1) is 17.9. The summed E-state index contributed by atoms with van der Waals surface area (Å²) in [5.41, 5.74) is 1.40. The number of hydrogen-bond donors (Lipinski definition) is 2. The van der Waals surface area contributed by atoms with E-state index in [1.54, 1.807) is 36.4 Å². The molecule has 2 aromatic rings. The topological polar surface area (TPSA) is 92.3 Å². The van der Waals surface area contributed by atoms with Crippen LogP contribution in [0.25, 0.3) is 0 Å². The molecule has 2 N–H and O–H groups in total. The Bertz CT molecular complexity index is 1140. The van der Waals surface area contributed by atoms with Gasteiger partial charge in [0.05, 0.1) is 63.8 Å². The van der Waals surface area contributed by atoms with Crippen LogP contribution in [0, 0.1) is 0 Å². The smallest absolute Gasteiger partial charge is 0.279 e. The molecule has 0 unspecified atom stereocenters. The number of ketones is 2. The highest BCUT2D eigenvalue weighted by molar-refractivity contribution is 6.32. The molecule has 8 heteroatoms. The fourth-order valence-electron chi connectivity index (χ4n) is 4.92. The minimum absolute atomic E-state index is 0.124. The van der Waals surface area contributed by atoms with Crippen molar-refractivity contribution in [2.75, 3.05) is 65.0 Å². The highest BCUT2D eigenvalue weighted by Crippen LogP contribution is 2.36. The Balaban J connectivity index is 1.96. The van der Waals surface area contributed by atoms with Crippen LogP contribution in [0.5, 0.6) is 0 Å². The maximum atomic E-state index is 13.6. The average Bonchev–Trinajstić information content (AvgIpc) is 2.85. The van der Waals surface area contributed by atoms with Crippen molar-refractivity contribution in [2.45, 2.75) is 39.5 Å². The van der Waals surface area contributed by atoms with Crippen LogP contribution in [0.3, 0.4) is 0 Å². The van der Waals surface area contributed by atoms with Crippen molar-refractivity contribution in [3.05, 3.63) is 58.7 Å². The summed E-state index contributed by atoms with van der Waals surface area (Å²) in [7, 11) is 7.98. The highest BCUT2D eigenvalue weighted by atomic mass is 16.2. The normalized spacial score (nSPS) is 13.1. The first kappa shape index (κ1) is 29.2. The van der Waals surface area contributed by atoms with Crippen LogP contribution >= 0.6 is 0 Å². The van der Waals surface area contributed by atoms with Crippen LogP contribution in [-0.4, -0.2) is 86.7 Å². The standard InChI is InChI=1S/C30H40N4O4/c1-7-9-17-33(3,4)19-25(35)31-23-15-16-24(32-26(36)20-34(5,6)18-10-8-2)28-27(23)29(37)21-13-11-12-14-22(21)30(28)38/h11-16H,7-10,17-20H2,1-6H3/p+2. The average molecular weight is 523 g/mol. The van der Waals surface area contributed by atoms with Gasteiger partial charge in [0, 0.05) is 11.1 Å². The van der Waals surface area contributed by atoms with Gasteiger partial charge in [-0.25, -0.2) is 0 Å². The Morgan fingerprint density at radius 3 is 1.37 bits per heavy atom. The quantitative estimate of drug-likeness (QED) is 0.351. The number of unbranched alkanes of at least 4 members (excludes halogenated alkanes) is 2. The van der Waals surface area contributed by atoms with Crippen LogP contribution in [-0.2, 0) is 9.59 Å². The number of carbonyl (C=O) groups is 4. The first-order valence-electron chi connectivity index (χ1n) is 13.5. The number of nitrogens with one attached hydrogen (secondary N) is 2. The molecule has 38 heavy (non-hydrogen) atoms. The zero-order valence-corrected chi connectivity index (χ0v) is 23.6. The fraction of sp³-hybridized carbons (Fsp3) is 0.467. The third kappa shape index (κ3) is 6.94. The number of quaternary nitrogens is 2. The number of nitrogens with zero attached hydrogens (tertiary/aromatic N) is 2. The Morgan fingerprint density at radius 1 is 0.658 bits per heavy atom. The molecule has 0 aliphatic heterocycles. The minimum atomic E-state index is -0.347. The number of fused-ring (bicyclic) bond motifs is 2. The van der Waals surface area contributed by atoms with Crippen molar-refractivity contribution >= 4 is 34.8 Å². The van der Waals surface area contributed by atoms with Crippen LogP contribution in [0.2, 0.25) is 0 Å². The van der Waals surface area contributed by atoms with E-state index in [2.05, 4.69) is 24.5 Å². The second-order valence-corrected chi connectivity index (χ2v) is 11.6. The van der Waals surface area contributed by atoms with Gasteiger partial charge in [-0.15, -0.1) is 0 Å². The summed E-state index contributed by atoms with van der Waals surface area (Å²) in [6.45, 7) is 6.39. The predicted molar refractivity (Wildman–Crippen MR) is 151 cm³/mol. The molecule has 0 fully saturated rings. The number of rotatable bonds is 12. The van der Waals surface area contributed by atoms with Crippen molar-refractivity contribution in [2.24, 2.45) is 0 Å². The molecule has 1 aliphatic carbocycles. The van der Waals surface area contributed by atoms with Crippen LogP contribution in [0.4, 0.5) is 11.4 Å². The molecule has 2 aromatic carbocycles. The molecule has 3 rings (SSSR count). The lowest BCUT2D eigenvalue weighted by molar-refractivity contribution is -0.882. The van der Waals surface area contributed by atoms with Crippen molar-refractivity contribution in [3.63, 3.8) is 0 Å². The van der Waals surface area contributed by atoms with Gasteiger partial charge >= 0.3 is 0 Å². The van der Waals surface area contributed by atoms with E-state index < -0.39 is 0 Å². The van der Waals surface area contributed by atoms with E-state index in [0.29, 0.717) is 20.1 Å². The number of carbonyl (C=O) groups excluding carboxylic acids is 4. The third-order valence-corrected chi connectivity index (χ3v) is 7.00. The lowest BCUT2D eigenvalue weighted by Crippen LogP contribution is -2.46. The van der Waals surface area contributed by atoms with Crippen molar-refractivity contribution in [1.82, 2.24) is 0 Å². The molecule has 0 saturated heterocycles. The second-order valence-electron chi connectivity index (χ2n) is 11.6. The molecular weight excluding hydrogens is 480 g/mol. The predicted octanol–water partition coefficient (Wildman–Crippen LogP) is 4.09. The molecule has 0 atom stereocenters. The van der Waals surface area contributed by atoms with Gasteiger partial charge in [0.15, 0.2) is 24.7 Å². The zero-order chi connectivity index (χ0) is 28.1. The maximum Gasteiger partial charge on any atom is 0.279 e. The van der Waals surface area contributed by atoms with Crippen LogP contribution in [0.1, 0.15) is 71.4 Å². The second kappa shape index (κ2) is 12.0. The minimum Gasteiger partial charge on any atom is -0.321 e. The zero-order valence-electron chi connectivity index (χ0n) is 23.6. The molecule has 0 spiro atoms. The SMILES string of the molecule is CCCC[N+](C)(C)CC(=O)Nc1ccc(NC(=O)C[N+](C)(C)CCCC)c2c1C(=O)c1ccccc1C2=O. The Kier molecular flexibility index (Phi) is 9.22. The molecule has 1 aliphatic rings. The van der Waals surface area contributed by atoms with Gasteiger partial charge in [-0.1, -0.05) is 51.0 Å². The van der Waals surface area contributed by atoms with Gasteiger partial charge < -0.3 is 19.6 Å². The summed E-state index contributed by atoms with van der Waals surface area (Å²) in [5.74, 6) is -1.17. The van der Waals surface area contributed by atoms with E-state index in [1.165, 1.54) is 0 Å².